The number of fused-ring (bicyclic) bond motifs is 1. The molecule has 0 radical (unpaired) electrons. The van der Waals surface area contributed by atoms with E-state index in [4.69, 9.17) is 4.98 Å². The molecule has 1 N–H and O–H groups in total. The van der Waals surface area contributed by atoms with Crippen molar-refractivity contribution in [1.82, 2.24) is 14.8 Å². The number of benzene rings is 2. The van der Waals surface area contributed by atoms with Crippen molar-refractivity contribution in [3.8, 4) is 0 Å². The Hall–Kier alpha value is -2.93. The lowest BCUT2D eigenvalue weighted by Gasteiger charge is -2.35. The number of rotatable bonds is 3. The van der Waals surface area contributed by atoms with Crippen molar-refractivity contribution in [3.05, 3.63) is 59.6 Å². The number of carbonyl (C=O) groups is 2. The van der Waals surface area contributed by atoms with Crippen LogP contribution < -0.4 is 5.32 Å². The molecular weight excluding hydrogens is 408 g/mol. The molecule has 31 heavy (non-hydrogen) atoms. The van der Waals surface area contributed by atoms with E-state index in [-0.39, 0.29) is 23.9 Å². The molecule has 0 unspecified atom stereocenters. The highest BCUT2D eigenvalue weighted by Crippen LogP contribution is 2.38. The zero-order chi connectivity index (χ0) is 21.2. The second-order valence-electron chi connectivity index (χ2n) is 8.29. The highest BCUT2D eigenvalue weighted by Gasteiger charge is 2.37. The van der Waals surface area contributed by atoms with Crippen LogP contribution in [0.25, 0.3) is 10.2 Å². The minimum atomic E-state index is -0.148. The number of carbonyl (C=O) groups excluding carboxylic acids is 2. The highest BCUT2D eigenvalue weighted by molar-refractivity contribution is 7.18. The number of anilines is 1. The molecule has 160 valence electrons. The van der Waals surface area contributed by atoms with Gasteiger partial charge < -0.3 is 15.1 Å². The van der Waals surface area contributed by atoms with E-state index in [1.165, 1.54) is 4.70 Å². The summed E-state index contributed by atoms with van der Waals surface area (Å²) in [7, 11) is 0. The topological polar surface area (TPSA) is 65.5 Å². The average Bonchev–Trinajstić information content (AvgIpc) is 3.46. The van der Waals surface area contributed by atoms with E-state index < -0.39 is 0 Å². The van der Waals surface area contributed by atoms with Gasteiger partial charge in [0.25, 0.3) is 0 Å². The van der Waals surface area contributed by atoms with Gasteiger partial charge in [0.15, 0.2) is 0 Å². The quantitative estimate of drug-likeness (QED) is 0.637. The molecular formula is C24H26N4O2S. The standard InChI is InChI=1S/C24H26N4O2S/c29-23(17-8-6-14-27(16-17)24(30)25-18-9-2-1-3-10-18)28-15-7-12-20(28)22-26-19-11-4-5-13-21(19)31-22/h1-5,9-11,13,17,20H,6-8,12,14-16H2,(H,25,30)/t17-,20-/m0/s1. The summed E-state index contributed by atoms with van der Waals surface area (Å²) in [5.74, 6) is 0.0178. The van der Waals surface area contributed by atoms with Crippen LogP contribution in [0.2, 0.25) is 0 Å². The van der Waals surface area contributed by atoms with Gasteiger partial charge in [-0.25, -0.2) is 9.78 Å². The zero-order valence-electron chi connectivity index (χ0n) is 17.4. The van der Waals surface area contributed by atoms with Crippen molar-refractivity contribution < 1.29 is 9.59 Å². The van der Waals surface area contributed by atoms with Crippen molar-refractivity contribution in [2.24, 2.45) is 5.92 Å². The number of hydrogen-bond donors (Lipinski definition) is 1. The minimum absolute atomic E-state index is 0.0541. The van der Waals surface area contributed by atoms with E-state index in [1.807, 2.05) is 53.4 Å². The molecule has 5 rings (SSSR count). The third-order valence-electron chi connectivity index (χ3n) is 6.21. The lowest BCUT2D eigenvalue weighted by atomic mass is 9.96. The van der Waals surface area contributed by atoms with E-state index in [2.05, 4.69) is 11.4 Å². The Labute approximate surface area is 185 Å². The Morgan fingerprint density at radius 1 is 0.968 bits per heavy atom. The van der Waals surface area contributed by atoms with Gasteiger partial charge in [-0.3, -0.25) is 4.79 Å². The summed E-state index contributed by atoms with van der Waals surface area (Å²) in [5, 5.41) is 3.97. The van der Waals surface area contributed by atoms with Gasteiger partial charge in [-0.05, 0) is 49.9 Å². The number of urea groups is 1. The normalized spacial score (nSPS) is 21.4. The van der Waals surface area contributed by atoms with Crippen LogP contribution in [0.5, 0.6) is 0 Å². The van der Waals surface area contributed by atoms with Gasteiger partial charge in [0.1, 0.15) is 5.01 Å². The van der Waals surface area contributed by atoms with Crippen LogP contribution in [0.1, 0.15) is 36.7 Å². The summed E-state index contributed by atoms with van der Waals surface area (Å²) in [6.07, 6.45) is 3.63. The van der Waals surface area contributed by atoms with Gasteiger partial charge in [0.2, 0.25) is 5.91 Å². The molecule has 2 atom stereocenters. The van der Waals surface area contributed by atoms with E-state index >= 15 is 0 Å². The lowest BCUT2D eigenvalue weighted by molar-refractivity contribution is -0.137. The highest BCUT2D eigenvalue weighted by atomic mass is 32.1. The first-order chi connectivity index (χ1) is 15.2. The van der Waals surface area contributed by atoms with Crippen LogP contribution in [-0.2, 0) is 4.79 Å². The summed E-state index contributed by atoms with van der Waals surface area (Å²) in [6, 6.07) is 17.5. The summed E-state index contributed by atoms with van der Waals surface area (Å²) < 4.78 is 1.17. The minimum Gasteiger partial charge on any atom is -0.333 e. The van der Waals surface area contributed by atoms with Crippen molar-refractivity contribution in [1.29, 1.82) is 0 Å². The SMILES string of the molecule is O=C(Nc1ccccc1)N1CCC[C@H](C(=O)N2CCC[C@H]2c2nc3ccccc3s2)C1. The van der Waals surface area contributed by atoms with Crippen LogP contribution in [0, 0.1) is 5.92 Å². The molecule has 3 amide bonds. The Kier molecular flexibility index (Phi) is 5.59. The Bertz CT molecular complexity index is 1050. The molecule has 1 aromatic heterocycles. The van der Waals surface area contributed by atoms with Crippen LogP contribution in [-0.4, -0.2) is 46.4 Å². The van der Waals surface area contributed by atoms with Crippen molar-refractivity contribution >= 4 is 39.2 Å². The molecule has 2 fully saturated rings. The molecule has 2 aliphatic heterocycles. The Morgan fingerprint density at radius 3 is 2.58 bits per heavy atom. The van der Waals surface area contributed by atoms with Crippen LogP contribution >= 0.6 is 11.3 Å². The summed E-state index contributed by atoms with van der Waals surface area (Å²) in [4.78, 5) is 34.8. The Balaban J connectivity index is 1.28. The largest absolute Gasteiger partial charge is 0.333 e. The van der Waals surface area contributed by atoms with Crippen molar-refractivity contribution in [2.45, 2.75) is 31.7 Å². The number of nitrogens with zero attached hydrogens (tertiary/aromatic N) is 3. The molecule has 3 heterocycles. The summed E-state index contributed by atoms with van der Waals surface area (Å²) in [6.45, 7) is 1.93. The van der Waals surface area contributed by atoms with Gasteiger partial charge in [0, 0.05) is 25.3 Å². The predicted octanol–water partition coefficient (Wildman–Crippen LogP) is 4.90. The van der Waals surface area contributed by atoms with Crippen LogP contribution in [0.15, 0.2) is 54.6 Å². The van der Waals surface area contributed by atoms with E-state index in [1.54, 1.807) is 16.2 Å². The molecule has 7 heteroatoms. The number of aromatic nitrogens is 1. The Morgan fingerprint density at radius 2 is 1.74 bits per heavy atom. The fourth-order valence-electron chi connectivity index (χ4n) is 4.64. The van der Waals surface area contributed by atoms with Crippen LogP contribution in [0.4, 0.5) is 10.5 Å². The number of likely N-dealkylation sites (tertiary alicyclic amines) is 2. The summed E-state index contributed by atoms with van der Waals surface area (Å²) >= 11 is 1.69. The molecule has 0 saturated carbocycles. The van der Waals surface area contributed by atoms with E-state index in [0.29, 0.717) is 13.1 Å². The maximum absolute atomic E-state index is 13.5. The first-order valence-electron chi connectivity index (χ1n) is 11.0. The monoisotopic (exact) mass is 434 g/mol. The maximum atomic E-state index is 13.5. The fraction of sp³-hybridized carbons (Fsp3) is 0.375. The number of amides is 3. The number of para-hydroxylation sites is 2. The second kappa shape index (κ2) is 8.67. The third kappa shape index (κ3) is 4.14. The van der Waals surface area contributed by atoms with E-state index in [9.17, 15) is 9.59 Å². The molecule has 0 aliphatic carbocycles. The van der Waals surface area contributed by atoms with Crippen molar-refractivity contribution in [2.75, 3.05) is 25.0 Å². The van der Waals surface area contributed by atoms with Gasteiger partial charge in [-0.1, -0.05) is 30.3 Å². The van der Waals surface area contributed by atoms with Gasteiger partial charge in [-0.2, -0.15) is 0 Å². The number of nitrogens with one attached hydrogen (secondary N) is 1. The molecule has 0 bridgehead atoms. The fourth-order valence-corrected chi connectivity index (χ4v) is 5.76. The average molecular weight is 435 g/mol. The predicted molar refractivity (Wildman–Crippen MR) is 123 cm³/mol. The second-order valence-corrected chi connectivity index (χ2v) is 9.35. The van der Waals surface area contributed by atoms with E-state index in [0.717, 1.165) is 48.4 Å². The number of piperidine rings is 1. The molecule has 0 spiro atoms. The number of hydrogen-bond acceptors (Lipinski definition) is 4. The maximum Gasteiger partial charge on any atom is 0.321 e. The molecule has 2 aliphatic rings. The molecule has 2 aromatic carbocycles. The van der Waals surface area contributed by atoms with Crippen LogP contribution in [0.3, 0.4) is 0 Å². The molecule has 3 aromatic rings. The van der Waals surface area contributed by atoms with Gasteiger partial charge in [-0.15, -0.1) is 11.3 Å². The lowest BCUT2D eigenvalue weighted by Crippen LogP contribution is -2.47. The first kappa shape index (κ1) is 20.0. The number of thiazole rings is 1. The van der Waals surface area contributed by atoms with Gasteiger partial charge in [0.05, 0.1) is 22.2 Å². The zero-order valence-corrected chi connectivity index (χ0v) is 18.2. The summed E-state index contributed by atoms with van der Waals surface area (Å²) in [5.41, 5.74) is 1.78. The smallest absolute Gasteiger partial charge is 0.321 e. The van der Waals surface area contributed by atoms with Gasteiger partial charge >= 0.3 is 6.03 Å². The third-order valence-corrected chi connectivity index (χ3v) is 7.35. The van der Waals surface area contributed by atoms with Crippen molar-refractivity contribution in [3.63, 3.8) is 0 Å². The molecule has 6 nitrogen and oxygen atoms in total. The first-order valence-corrected chi connectivity index (χ1v) is 11.8. The molecule has 2 saturated heterocycles.